The van der Waals surface area contributed by atoms with Crippen molar-refractivity contribution in [3.63, 3.8) is 0 Å². The van der Waals surface area contributed by atoms with E-state index < -0.39 is 0 Å². The molecule has 0 aromatic rings. The summed E-state index contributed by atoms with van der Waals surface area (Å²) >= 11 is 0. The fourth-order valence-electron chi connectivity index (χ4n) is 3.04. The number of likely N-dealkylation sites (tertiary alicyclic amines) is 1. The van der Waals surface area contributed by atoms with Gasteiger partial charge in [-0.05, 0) is 6.92 Å². The van der Waals surface area contributed by atoms with Crippen molar-refractivity contribution in [1.82, 2.24) is 0 Å². The van der Waals surface area contributed by atoms with E-state index in [9.17, 15) is 0 Å². The summed E-state index contributed by atoms with van der Waals surface area (Å²) in [4.78, 5) is 0. The highest BCUT2D eigenvalue weighted by Crippen LogP contribution is 2.28. The Bertz CT molecular complexity index is 173. The smallest absolute Gasteiger partial charge is 0.105 e. The highest BCUT2D eigenvalue weighted by atomic mass is 16.5. The number of methoxy groups -OCH3 is 1. The molecule has 0 aromatic heterocycles. The molecule has 84 valence electrons. The maximum atomic E-state index is 5.38. The lowest BCUT2D eigenvalue weighted by atomic mass is 9.94. The Kier molecular flexibility index (Phi) is 3.96. The second-order valence-electron chi connectivity index (χ2n) is 5.62. The van der Waals surface area contributed by atoms with Crippen LogP contribution in [0.3, 0.4) is 0 Å². The van der Waals surface area contributed by atoms with Crippen LogP contribution >= 0.6 is 0 Å². The molecule has 1 rings (SSSR count). The predicted octanol–water partition coefficient (Wildman–Crippen LogP) is 2.14. The Labute approximate surface area is 88.8 Å². The average Bonchev–Trinajstić information content (AvgIpc) is 2.00. The lowest BCUT2D eigenvalue weighted by molar-refractivity contribution is -0.977. The van der Waals surface area contributed by atoms with Crippen LogP contribution in [0.2, 0.25) is 0 Å². The Balaban J connectivity index is 2.46. The molecule has 1 unspecified atom stereocenters. The van der Waals surface area contributed by atoms with Gasteiger partial charge in [0.15, 0.2) is 0 Å². The fraction of sp³-hybridized carbons (Fsp3) is 1.00. The zero-order chi connectivity index (χ0) is 10.8. The highest BCUT2D eigenvalue weighted by Gasteiger charge is 2.42. The first-order valence-corrected chi connectivity index (χ1v) is 5.85. The van der Waals surface area contributed by atoms with Gasteiger partial charge in [0.25, 0.3) is 0 Å². The highest BCUT2D eigenvalue weighted by molar-refractivity contribution is 4.67. The first-order valence-electron chi connectivity index (χ1n) is 5.85. The molecule has 14 heavy (non-hydrogen) atoms. The molecule has 0 aromatic carbocycles. The van der Waals surface area contributed by atoms with Gasteiger partial charge in [-0.15, -0.1) is 0 Å². The van der Waals surface area contributed by atoms with Crippen LogP contribution in [0, 0.1) is 11.8 Å². The molecule has 0 aliphatic carbocycles. The molecule has 2 nitrogen and oxygen atoms in total. The quantitative estimate of drug-likeness (QED) is 0.618. The van der Waals surface area contributed by atoms with E-state index in [4.69, 9.17) is 4.74 Å². The molecule has 1 aliphatic rings. The van der Waals surface area contributed by atoms with Crippen LogP contribution in [0.5, 0.6) is 0 Å². The van der Waals surface area contributed by atoms with E-state index in [-0.39, 0.29) is 0 Å². The van der Waals surface area contributed by atoms with E-state index in [0.29, 0.717) is 6.10 Å². The van der Waals surface area contributed by atoms with Crippen LogP contribution < -0.4 is 0 Å². The van der Waals surface area contributed by atoms with Crippen LogP contribution in [0.25, 0.3) is 0 Å². The topological polar surface area (TPSA) is 9.23 Å². The zero-order valence-corrected chi connectivity index (χ0v) is 10.4. The van der Waals surface area contributed by atoms with Gasteiger partial charge in [0, 0.05) is 13.0 Å². The largest absolute Gasteiger partial charge is 0.376 e. The second kappa shape index (κ2) is 4.63. The number of quaternary nitrogens is 1. The lowest BCUT2D eigenvalue weighted by Crippen LogP contribution is -2.66. The first-order chi connectivity index (χ1) is 6.47. The van der Waals surface area contributed by atoms with Gasteiger partial charge in [-0.3, -0.25) is 0 Å². The van der Waals surface area contributed by atoms with Crippen LogP contribution in [0.1, 0.15) is 27.7 Å². The lowest BCUT2D eigenvalue weighted by Gasteiger charge is -2.51. The maximum Gasteiger partial charge on any atom is 0.105 e. The zero-order valence-electron chi connectivity index (χ0n) is 10.4. The predicted molar refractivity (Wildman–Crippen MR) is 60.2 cm³/mol. The fourth-order valence-corrected chi connectivity index (χ4v) is 3.04. The summed E-state index contributed by atoms with van der Waals surface area (Å²) in [6, 6.07) is 0. The minimum Gasteiger partial charge on any atom is -0.376 e. The van der Waals surface area contributed by atoms with Crippen molar-refractivity contribution in [2.75, 3.05) is 33.3 Å². The Morgan fingerprint density at radius 2 is 1.79 bits per heavy atom. The number of nitrogens with zero attached hydrogens (tertiary/aromatic N) is 1. The monoisotopic (exact) mass is 200 g/mol. The standard InChI is InChI=1S/C12H26NO/c1-10(2)6-13(7-11(3)8-13)9-12(4)14-5/h10-12H,6-9H2,1-5H3/q+1. The van der Waals surface area contributed by atoms with E-state index in [0.717, 1.165) is 11.8 Å². The molecule has 0 N–H and O–H groups in total. The van der Waals surface area contributed by atoms with Crippen molar-refractivity contribution in [3.8, 4) is 0 Å². The minimum atomic E-state index is 0.404. The van der Waals surface area contributed by atoms with Crippen LogP contribution in [0.15, 0.2) is 0 Å². The van der Waals surface area contributed by atoms with Crippen molar-refractivity contribution in [3.05, 3.63) is 0 Å². The molecular formula is C12H26NO+. The molecule has 1 fully saturated rings. The van der Waals surface area contributed by atoms with Gasteiger partial charge in [-0.25, -0.2) is 0 Å². The summed E-state index contributed by atoms with van der Waals surface area (Å²) in [6.07, 6.45) is 0.404. The van der Waals surface area contributed by atoms with Crippen molar-refractivity contribution in [2.24, 2.45) is 11.8 Å². The molecule has 1 aliphatic heterocycles. The third kappa shape index (κ3) is 2.96. The van der Waals surface area contributed by atoms with Gasteiger partial charge in [0.2, 0.25) is 0 Å². The van der Waals surface area contributed by atoms with Crippen LogP contribution in [-0.2, 0) is 4.74 Å². The molecule has 0 amide bonds. The third-order valence-electron chi connectivity index (χ3n) is 3.20. The van der Waals surface area contributed by atoms with Crippen LogP contribution in [-0.4, -0.2) is 43.9 Å². The average molecular weight is 200 g/mol. The SMILES string of the molecule is COC(C)C[N+]1(CC(C)C)CC(C)C1. The van der Waals surface area contributed by atoms with Gasteiger partial charge >= 0.3 is 0 Å². The van der Waals surface area contributed by atoms with Gasteiger partial charge in [-0.2, -0.15) is 0 Å². The number of hydrogen-bond donors (Lipinski definition) is 0. The van der Waals surface area contributed by atoms with Gasteiger partial charge in [0.05, 0.1) is 25.6 Å². The van der Waals surface area contributed by atoms with Gasteiger partial charge in [-0.1, -0.05) is 20.8 Å². The van der Waals surface area contributed by atoms with Gasteiger partial charge in [0.1, 0.15) is 12.6 Å². The molecule has 2 heteroatoms. The van der Waals surface area contributed by atoms with E-state index in [1.54, 1.807) is 0 Å². The molecular weight excluding hydrogens is 174 g/mol. The van der Waals surface area contributed by atoms with Crippen molar-refractivity contribution in [1.29, 1.82) is 0 Å². The van der Waals surface area contributed by atoms with Crippen molar-refractivity contribution < 1.29 is 9.22 Å². The summed E-state index contributed by atoms with van der Waals surface area (Å²) < 4.78 is 6.67. The van der Waals surface area contributed by atoms with E-state index in [2.05, 4.69) is 27.7 Å². The second-order valence-corrected chi connectivity index (χ2v) is 5.62. The number of rotatable bonds is 5. The van der Waals surface area contributed by atoms with Gasteiger partial charge < -0.3 is 9.22 Å². The summed E-state index contributed by atoms with van der Waals surface area (Å²) in [5.41, 5.74) is 0. The van der Waals surface area contributed by atoms with E-state index in [1.807, 2.05) is 7.11 Å². The number of ether oxygens (including phenoxy) is 1. The molecule has 0 radical (unpaired) electrons. The van der Waals surface area contributed by atoms with Crippen molar-refractivity contribution in [2.45, 2.75) is 33.8 Å². The maximum absolute atomic E-state index is 5.38. The summed E-state index contributed by atoms with van der Waals surface area (Å²) in [5, 5.41) is 0. The molecule has 0 spiro atoms. The Hall–Kier alpha value is -0.0800. The molecule has 0 saturated carbocycles. The van der Waals surface area contributed by atoms with E-state index in [1.165, 1.54) is 30.7 Å². The summed E-state index contributed by atoms with van der Waals surface area (Å²) in [6.45, 7) is 14.4. The normalized spacial score (nSPS) is 34.3. The third-order valence-corrected chi connectivity index (χ3v) is 3.20. The van der Waals surface area contributed by atoms with E-state index >= 15 is 0 Å². The molecule has 1 heterocycles. The van der Waals surface area contributed by atoms with Crippen LogP contribution in [0.4, 0.5) is 0 Å². The summed E-state index contributed by atoms with van der Waals surface area (Å²) in [7, 11) is 1.82. The Morgan fingerprint density at radius 1 is 1.21 bits per heavy atom. The number of hydrogen-bond acceptors (Lipinski definition) is 1. The molecule has 0 bridgehead atoms. The minimum absolute atomic E-state index is 0.404. The van der Waals surface area contributed by atoms with Crippen molar-refractivity contribution >= 4 is 0 Å². The summed E-state index contributed by atoms with van der Waals surface area (Å²) in [5.74, 6) is 1.71. The molecule has 1 saturated heterocycles. The molecule has 1 atom stereocenters. The Morgan fingerprint density at radius 3 is 2.14 bits per heavy atom. The first kappa shape index (κ1) is 12.0.